The molecular weight excluding hydrogens is 412 g/mol. The number of likely N-dealkylation sites (tertiary alicyclic amines) is 1. The van der Waals surface area contributed by atoms with Crippen LogP contribution in [-0.4, -0.2) is 52.3 Å². The Balaban J connectivity index is 1.59. The summed E-state index contributed by atoms with van der Waals surface area (Å²) >= 11 is 1.61. The van der Waals surface area contributed by atoms with Crippen molar-refractivity contribution in [2.24, 2.45) is 5.92 Å². The normalized spacial score (nSPS) is 21.6. The van der Waals surface area contributed by atoms with Gasteiger partial charge < -0.3 is 10.2 Å². The molecule has 4 heterocycles. The van der Waals surface area contributed by atoms with Crippen LogP contribution in [0.4, 0.5) is 4.79 Å². The fraction of sp³-hybridized carbons (Fsp3) is 0.391. The van der Waals surface area contributed by atoms with Gasteiger partial charge in [0.05, 0.1) is 0 Å². The Bertz CT molecular complexity index is 1020. The predicted octanol–water partition coefficient (Wildman–Crippen LogP) is 2.39. The maximum absolute atomic E-state index is 13.7. The molecule has 0 spiro atoms. The molecule has 160 valence electrons. The van der Waals surface area contributed by atoms with Crippen molar-refractivity contribution in [3.05, 3.63) is 52.5 Å². The zero-order valence-corrected chi connectivity index (χ0v) is 18.2. The highest BCUT2D eigenvalue weighted by Crippen LogP contribution is 2.41. The van der Waals surface area contributed by atoms with Crippen molar-refractivity contribution in [1.29, 1.82) is 0 Å². The Morgan fingerprint density at radius 3 is 2.74 bits per heavy atom. The minimum Gasteiger partial charge on any atom is -0.332 e. The Kier molecular flexibility index (Phi) is 6.05. The molecule has 0 bridgehead atoms. The molecule has 2 aliphatic rings. The number of urea groups is 1. The third-order valence-corrected chi connectivity index (χ3v) is 6.97. The Morgan fingerprint density at radius 2 is 2.10 bits per heavy atom. The van der Waals surface area contributed by atoms with Crippen LogP contribution in [0.3, 0.4) is 0 Å². The highest BCUT2D eigenvalue weighted by atomic mass is 32.1. The number of aromatic nitrogens is 1. The van der Waals surface area contributed by atoms with E-state index in [1.165, 1.54) is 4.90 Å². The first-order valence-corrected chi connectivity index (χ1v) is 11.2. The second-order valence-corrected chi connectivity index (χ2v) is 8.74. The highest BCUT2D eigenvalue weighted by molar-refractivity contribution is 7.09. The van der Waals surface area contributed by atoms with E-state index in [1.807, 2.05) is 23.6 Å². The molecule has 8 heteroatoms. The molecule has 7 nitrogen and oxygen atoms in total. The van der Waals surface area contributed by atoms with Gasteiger partial charge in [-0.05, 0) is 55.5 Å². The van der Waals surface area contributed by atoms with Gasteiger partial charge in [-0.2, -0.15) is 0 Å². The molecule has 1 atom stereocenters. The largest absolute Gasteiger partial charge is 0.332 e. The summed E-state index contributed by atoms with van der Waals surface area (Å²) in [5, 5.41) is 5.01. The van der Waals surface area contributed by atoms with Crippen LogP contribution >= 0.6 is 11.3 Å². The van der Waals surface area contributed by atoms with Crippen molar-refractivity contribution in [2.45, 2.75) is 31.7 Å². The van der Waals surface area contributed by atoms with E-state index in [1.54, 1.807) is 41.6 Å². The molecule has 0 unspecified atom stereocenters. The molecular formula is C23H24N4O3S. The smallest absolute Gasteiger partial charge is 0.325 e. The van der Waals surface area contributed by atoms with Gasteiger partial charge in [-0.15, -0.1) is 11.3 Å². The number of nitrogens with zero attached hydrogens (tertiary/aromatic N) is 3. The Morgan fingerprint density at radius 1 is 1.29 bits per heavy atom. The number of pyridine rings is 1. The van der Waals surface area contributed by atoms with Crippen molar-refractivity contribution in [3.8, 4) is 11.8 Å². The fourth-order valence-electron chi connectivity index (χ4n) is 4.48. The number of carbonyl (C=O) groups excluding carboxylic acids is 3. The van der Waals surface area contributed by atoms with Crippen LogP contribution in [0.15, 0.2) is 42.0 Å². The quantitative estimate of drug-likeness (QED) is 0.576. The molecule has 2 fully saturated rings. The Hall–Kier alpha value is -3.18. The first-order chi connectivity index (χ1) is 15.1. The van der Waals surface area contributed by atoms with Gasteiger partial charge in [0.2, 0.25) is 0 Å². The zero-order valence-electron chi connectivity index (χ0n) is 17.3. The summed E-state index contributed by atoms with van der Waals surface area (Å²) in [5.74, 6) is 4.64. The predicted molar refractivity (Wildman–Crippen MR) is 117 cm³/mol. The second-order valence-electron chi connectivity index (χ2n) is 7.71. The summed E-state index contributed by atoms with van der Waals surface area (Å²) in [6.45, 7) is 2.97. The summed E-state index contributed by atoms with van der Waals surface area (Å²) in [5.41, 5.74) is -0.475. The summed E-state index contributed by atoms with van der Waals surface area (Å²) in [6, 6.07) is 7.21. The van der Waals surface area contributed by atoms with E-state index < -0.39 is 5.54 Å². The van der Waals surface area contributed by atoms with Crippen LogP contribution in [0.2, 0.25) is 0 Å². The minimum absolute atomic E-state index is 0.140. The summed E-state index contributed by atoms with van der Waals surface area (Å²) < 4.78 is 0. The molecule has 0 aromatic carbocycles. The van der Waals surface area contributed by atoms with E-state index in [9.17, 15) is 14.4 Å². The van der Waals surface area contributed by atoms with E-state index in [2.05, 4.69) is 22.1 Å². The molecule has 4 amide bonds. The topological polar surface area (TPSA) is 82.6 Å². The van der Waals surface area contributed by atoms with Gasteiger partial charge in [0.25, 0.3) is 11.8 Å². The standard InChI is InChI=1S/C23H24N4O3S/c1-2-5-20(28)26-12-8-17(9-13-26)23(18-6-3-11-24-16-18)21(29)27(22(30)25-23)14-10-19-7-4-15-31-19/h3-4,6-7,11,15-17H,8-10,12-14H2,1H3,(H,25,30)/t23-/m1/s1. The zero-order chi connectivity index (χ0) is 21.8. The minimum atomic E-state index is -1.16. The number of rotatable bonds is 5. The van der Waals surface area contributed by atoms with E-state index in [0.29, 0.717) is 44.5 Å². The number of carbonyl (C=O) groups is 3. The summed E-state index contributed by atoms with van der Waals surface area (Å²) in [7, 11) is 0. The lowest BCUT2D eigenvalue weighted by molar-refractivity contribution is -0.135. The van der Waals surface area contributed by atoms with Crippen molar-refractivity contribution >= 4 is 29.2 Å². The van der Waals surface area contributed by atoms with E-state index in [4.69, 9.17) is 0 Å². The molecule has 1 N–H and O–H groups in total. The van der Waals surface area contributed by atoms with Gasteiger partial charge in [-0.1, -0.05) is 18.1 Å². The number of piperidine rings is 1. The molecule has 0 saturated carbocycles. The number of hydrogen-bond acceptors (Lipinski definition) is 5. The third kappa shape index (κ3) is 3.93. The van der Waals surface area contributed by atoms with E-state index >= 15 is 0 Å². The van der Waals surface area contributed by atoms with Gasteiger partial charge >= 0.3 is 6.03 Å². The lowest BCUT2D eigenvalue weighted by Gasteiger charge is -2.40. The average Bonchev–Trinajstić information content (AvgIpc) is 3.40. The van der Waals surface area contributed by atoms with Crippen molar-refractivity contribution in [3.63, 3.8) is 0 Å². The first kappa shape index (κ1) is 21.1. The molecule has 2 saturated heterocycles. The number of amides is 4. The number of thiophene rings is 1. The number of nitrogens with one attached hydrogen (secondary N) is 1. The fourth-order valence-corrected chi connectivity index (χ4v) is 5.18. The molecule has 0 aliphatic carbocycles. The van der Waals surface area contributed by atoms with Crippen LogP contribution in [0.25, 0.3) is 0 Å². The van der Waals surface area contributed by atoms with Crippen LogP contribution in [0, 0.1) is 17.8 Å². The van der Waals surface area contributed by atoms with Gasteiger partial charge in [-0.3, -0.25) is 19.5 Å². The van der Waals surface area contributed by atoms with E-state index in [-0.39, 0.29) is 23.8 Å². The summed E-state index contributed by atoms with van der Waals surface area (Å²) in [6.07, 6.45) is 5.12. The molecule has 2 aliphatic heterocycles. The number of imide groups is 1. The monoisotopic (exact) mass is 436 g/mol. The highest BCUT2D eigenvalue weighted by Gasteiger charge is 2.57. The maximum Gasteiger partial charge on any atom is 0.325 e. The van der Waals surface area contributed by atoms with Crippen molar-refractivity contribution < 1.29 is 14.4 Å². The van der Waals surface area contributed by atoms with Crippen molar-refractivity contribution in [2.75, 3.05) is 19.6 Å². The lowest BCUT2D eigenvalue weighted by Crippen LogP contribution is -2.54. The number of hydrogen-bond donors (Lipinski definition) is 1. The summed E-state index contributed by atoms with van der Waals surface area (Å²) in [4.78, 5) is 47.2. The lowest BCUT2D eigenvalue weighted by atomic mass is 9.73. The van der Waals surface area contributed by atoms with Crippen LogP contribution in [-0.2, 0) is 21.5 Å². The average molecular weight is 437 g/mol. The SMILES string of the molecule is CC#CC(=O)N1CCC([C@]2(c3cccnc3)NC(=O)N(CCc3cccs3)C2=O)CC1. The second kappa shape index (κ2) is 8.90. The van der Waals surface area contributed by atoms with Crippen LogP contribution in [0.1, 0.15) is 30.2 Å². The molecule has 4 rings (SSSR count). The Labute approximate surface area is 185 Å². The third-order valence-electron chi connectivity index (χ3n) is 6.04. The van der Waals surface area contributed by atoms with Crippen LogP contribution in [0.5, 0.6) is 0 Å². The molecule has 0 radical (unpaired) electrons. The van der Waals surface area contributed by atoms with E-state index in [0.717, 1.165) is 4.88 Å². The molecule has 2 aromatic rings. The van der Waals surface area contributed by atoms with Gasteiger partial charge in [0.1, 0.15) is 0 Å². The van der Waals surface area contributed by atoms with Gasteiger partial charge in [-0.25, -0.2) is 4.79 Å². The van der Waals surface area contributed by atoms with Crippen LogP contribution < -0.4 is 5.32 Å². The van der Waals surface area contributed by atoms with Gasteiger partial charge in [0.15, 0.2) is 5.54 Å². The molecule has 31 heavy (non-hydrogen) atoms. The van der Waals surface area contributed by atoms with Gasteiger partial charge in [0, 0.05) is 42.5 Å². The van der Waals surface area contributed by atoms with Crippen molar-refractivity contribution in [1.82, 2.24) is 20.1 Å². The first-order valence-electron chi connectivity index (χ1n) is 10.3. The molecule has 2 aromatic heterocycles. The maximum atomic E-state index is 13.7.